The minimum Gasteiger partial charge on any atom is -0.482 e. The highest BCUT2D eigenvalue weighted by molar-refractivity contribution is 6.02. The van der Waals surface area contributed by atoms with E-state index in [1.54, 1.807) is 0 Å². The molecule has 9 heteroatoms. The summed E-state index contributed by atoms with van der Waals surface area (Å²) in [5.41, 5.74) is 0.0932. The predicted octanol–water partition coefficient (Wildman–Crippen LogP) is 0.436. The molecule has 1 aromatic rings. The van der Waals surface area contributed by atoms with E-state index >= 15 is 0 Å². The zero-order chi connectivity index (χ0) is 17.8. The highest BCUT2D eigenvalue weighted by atomic mass is 16.6. The molecule has 0 aromatic heterocycles. The number of amides is 2. The summed E-state index contributed by atoms with van der Waals surface area (Å²) in [4.78, 5) is 36.0. The van der Waals surface area contributed by atoms with Gasteiger partial charge in [0, 0.05) is 18.7 Å². The lowest BCUT2D eigenvalue weighted by molar-refractivity contribution is -0.384. The predicted molar refractivity (Wildman–Crippen MR) is 89.5 cm³/mol. The van der Waals surface area contributed by atoms with Gasteiger partial charge in [0.2, 0.25) is 5.91 Å². The number of fused-ring (bicyclic) bond motifs is 1. The maximum absolute atomic E-state index is 12.2. The molecule has 1 unspecified atom stereocenters. The highest BCUT2D eigenvalue weighted by Crippen LogP contribution is 2.35. The lowest BCUT2D eigenvalue weighted by Gasteiger charge is -2.29. The van der Waals surface area contributed by atoms with E-state index in [9.17, 15) is 19.7 Å². The molecule has 2 heterocycles. The number of hydrogen-bond donors (Lipinski definition) is 2. The minimum atomic E-state index is -0.548. The van der Waals surface area contributed by atoms with Crippen molar-refractivity contribution in [1.29, 1.82) is 0 Å². The molecule has 2 aliphatic heterocycles. The van der Waals surface area contributed by atoms with E-state index in [2.05, 4.69) is 10.6 Å². The van der Waals surface area contributed by atoms with Gasteiger partial charge in [0.15, 0.2) is 6.61 Å². The largest absolute Gasteiger partial charge is 0.482 e. The molecular formula is C16H20N4O5. The van der Waals surface area contributed by atoms with Crippen molar-refractivity contribution in [3.63, 3.8) is 0 Å². The number of non-ortho nitro benzene ring substituents is 1. The number of benzene rings is 1. The number of nitrogens with zero attached hydrogens (tertiary/aromatic N) is 2. The van der Waals surface area contributed by atoms with Crippen LogP contribution in [0.1, 0.15) is 12.8 Å². The molecule has 2 N–H and O–H groups in total. The first-order valence-corrected chi connectivity index (χ1v) is 8.23. The summed E-state index contributed by atoms with van der Waals surface area (Å²) in [6, 6.07) is 4.01. The number of carbonyl (C=O) groups excluding carboxylic acids is 2. The maximum atomic E-state index is 12.2. The molecular weight excluding hydrogens is 328 g/mol. The molecule has 0 radical (unpaired) electrons. The summed E-state index contributed by atoms with van der Waals surface area (Å²) in [5, 5.41) is 17.1. The molecule has 0 aliphatic carbocycles. The molecule has 0 saturated carbocycles. The Kier molecular flexibility index (Phi) is 5.13. The van der Waals surface area contributed by atoms with Gasteiger partial charge in [0.25, 0.3) is 11.6 Å². The van der Waals surface area contributed by atoms with E-state index in [0.717, 1.165) is 25.9 Å². The Morgan fingerprint density at radius 1 is 1.48 bits per heavy atom. The van der Waals surface area contributed by atoms with Crippen LogP contribution in [0.2, 0.25) is 0 Å². The first-order chi connectivity index (χ1) is 12.0. The van der Waals surface area contributed by atoms with Crippen LogP contribution in [0.4, 0.5) is 11.4 Å². The number of rotatable bonds is 5. The van der Waals surface area contributed by atoms with Crippen LogP contribution in [-0.4, -0.2) is 49.5 Å². The Balaban J connectivity index is 1.67. The van der Waals surface area contributed by atoms with Crippen molar-refractivity contribution in [3.8, 4) is 5.75 Å². The number of hydrogen-bond acceptors (Lipinski definition) is 6. The van der Waals surface area contributed by atoms with E-state index < -0.39 is 10.8 Å². The van der Waals surface area contributed by atoms with Gasteiger partial charge in [-0.05, 0) is 37.9 Å². The number of nitrogens with one attached hydrogen (secondary N) is 2. The number of piperidine rings is 1. The van der Waals surface area contributed by atoms with E-state index in [1.807, 2.05) is 0 Å². The third-order valence-electron chi connectivity index (χ3n) is 4.38. The average molecular weight is 348 g/mol. The zero-order valence-corrected chi connectivity index (χ0v) is 13.7. The molecule has 9 nitrogen and oxygen atoms in total. The standard InChI is InChI=1S/C16H20N4O5/c21-15(18-8-11-2-1-5-17-7-11)9-19-13-6-12(20(23)24)3-4-14(13)25-10-16(19)22/h3-4,6,11,17H,1-2,5,7-10H2,(H,18,21). The Morgan fingerprint density at radius 2 is 2.32 bits per heavy atom. The van der Waals surface area contributed by atoms with Crippen molar-refractivity contribution >= 4 is 23.2 Å². The van der Waals surface area contributed by atoms with Gasteiger partial charge in [-0.2, -0.15) is 0 Å². The van der Waals surface area contributed by atoms with E-state index in [0.29, 0.717) is 18.2 Å². The molecule has 1 fully saturated rings. The second-order valence-corrected chi connectivity index (χ2v) is 6.19. The molecule has 134 valence electrons. The van der Waals surface area contributed by atoms with Crippen molar-refractivity contribution in [2.75, 3.05) is 37.7 Å². The molecule has 1 saturated heterocycles. The Bertz CT molecular complexity index is 687. The van der Waals surface area contributed by atoms with Gasteiger partial charge in [-0.3, -0.25) is 24.6 Å². The fourth-order valence-electron chi connectivity index (χ4n) is 3.03. The van der Waals surface area contributed by atoms with Gasteiger partial charge in [0.1, 0.15) is 12.3 Å². The van der Waals surface area contributed by atoms with Crippen molar-refractivity contribution < 1.29 is 19.2 Å². The summed E-state index contributed by atoms with van der Waals surface area (Å²) in [6.45, 7) is 2.04. The Morgan fingerprint density at radius 3 is 3.04 bits per heavy atom. The van der Waals surface area contributed by atoms with Gasteiger partial charge in [0.05, 0.1) is 10.6 Å². The van der Waals surface area contributed by atoms with Crippen molar-refractivity contribution in [1.82, 2.24) is 10.6 Å². The second kappa shape index (κ2) is 7.47. The van der Waals surface area contributed by atoms with E-state index in [4.69, 9.17) is 4.74 Å². The van der Waals surface area contributed by atoms with Crippen LogP contribution in [0, 0.1) is 16.0 Å². The first kappa shape index (κ1) is 17.2. The monoisotopic (exact) mass is 348 g/mol. The Labute approximate surface area is 144 Å². The Hall–Kier alpha value is -2.68. The van der Waals surface area contributed by atoms with Gasteiger partial charge in [-0.15, -0.1) is 0 Å². The van der Waals surface area contributed by atoms with Crippen molar-refractivity contribution in [2.45, 2.75) is 12.8 Å². The van der Waals surface area contributed by atoms with Crippen LogP contribution in [0.15, 0.2) is 18.2 Å². The van der Waals surface area contributed by atoms with Crippen LogP contribution in [0.5, 0.6) is 5.75 Å². The summed E-state index contributed by atoms with van der Waals surface area (Å²) in [7, 11) is 0. The fourth-order valence-corrected chi connectivity index (χ4v) is 3.03. The quantitative estimate of drug-likeness (QED) is 0.589. The summed E-state index contributed by atoms with van der Waals surface area (Å²) >= 11 is 0. The third-order valence-corrected chi connectivity index (χ3v) is 4.38. The van der Waals surface area contributed by atoms with Crippen LogP contribution in [0.25, 0.3) is 0 Å². The lowest BCUT2D eigenvalue weighted by Crippen LogP contribution is -2.46. The molecule has 0 bridgehead atoms. The molecule has 1 aromatic carbocycles. The SMILES string of the molecule is O=C(CN1C(=O)COc2ccc([N+](=O)[O-])cc21)NCC1CCCNC1. The van der Waals surface area contributed by atoms with Crippen LogP contribution in [0.3, 0.4) is 0 Å². The van der Waals surface area contributed by atoms with Gasteiger partial charge >= 0.3 is 0 Å². The molecule has 0 spiro atoms. The lowest BCUT2D eigenvalue weighted by atomic mass is 10.00. The van der Waals surface area contributed by atoms with Crippen LogP contribution >= 0.6 is 0 Å². The first-order valence-electron chi connectivity index (χ1n) is 8.23. The zero-order valence-electron chi connectivity index (χ0n) is 13.7. The normalized spacial score (nSPS) is 19.8. The summed E-state index contributed by atoms with van der Waals surface area (Å²) in [5.74, 6) is 0.0432. The van der Waals surface area contributed by atoms with Crippen LogP contribution < -0.4 is 20.3 Å². The number of nitro benzene ring substituents is 1. The minimum absolute atomic E-state index is 0.157. The number of anilines is 1. The van der Waals surface area contributed by atoms with Crippen molar-refractivity contribution in [3.05, 3.63) is 28.3 Å². The second-order valence-electron chi connectivity index (χ2n) is 6.19. The molecule has 2 amide bonds. The van der Waals surface area contributed by atoms with Crippen molar-refractivity contribution in [2.24, 2.45) is 5.92 Å². The summed E-state index contributed by atoms with van der Waals surface area (Å²) in [6.07, 6.45) is 2.14. The fraction of sp³-hybridized carbons (Fsp3) is 0.500. The van der Waals surface area contributed by atoms with Gasteiger partial charge in [-0.1, -0.05) is 0 Å². The maximum Gasteiger partial charge on any atom is 0.271 e. The number of nitro groups is 1. The van der Waals surface area contributed by atoms with Crippen LogP contribution in [-0.2, 0) is 9.59 Å². The smallest absolute Gasteiger partial charge is 0.271 e. The molecule has 3 rings (SSSR count). The topological polar surface area (TPSA) is 114 Å². The molecule has 25 heavy (non-hydrogen) atoms. The average Bonchev–Trinajstić information content (AvgIpc) is 2.63. The van der Waals surface area contributed by atoms with E-state index in [1.165, 1.54) is 23.1 Å². The van der Waals surface area contributed by atoms with Gasteiger partial charge in [-0.25, -0.2) is 0 Å². The molecule has 2 aliphatic rings. The van der Waals surface area contributed by atoms with E-state index in [-0.39, 0.29) is 30.4 Å². The third kappa shape index (κ3) is 4.05. The number of ether oxygens (including phenoxy) is 1. The number of carbonyl (C=O) groups is 2. The van der Waals surface area contributed by atoms with Gasteiger partial charge < -0.3 is 15.4 Å². The highest BCUT2D eigenvalue weighted by Gasteiger charge is 2.29. The summed E-state index contributed by atoms with van der Waals surface area (Å²) < 4.78 is 5.28. The molecule has 1 atom stereocenters.